The van der Waals surface area contributed by atoms with Crippen molar-refractivity contribution in [3.05, 3.63) is 11.1 Å². The highest BCUT2D eigenvalue weighted by molar-refractivity contribution is 6.25. The summed E-state index contributed by atoms with van der Waals surface area (Å²) in [6.07, 6.45) is -0.620. The number of carbonyl (C=O) groups excluding carboxylic acids is 1. The van der Waals surface area contributed by atoms with Gasteiger partial charge in [-0.25, -0.2) is 9.59 Å². The van der Waals surface area contributed by atoms with E-state index in [4.69, 9.17) is 21.4 Å². The van der Waals surface area contributed by atoms with E-state index >= 15 is 0 Å². The number of halogens is 1. The molecule has 6 heteroatoms. The van der Waals surface area contributed by atoms with Gasteiger partial charge in [-0.1, -0.05) is 17.2 Å². The fourth-order valence-electron chi connectivity index (χ4n) is 1.02. The molecule has 0 aromatic carbocycles. The van der Waals surface area contributed by atoms with Crippen LogP contribution in [0.25, 0.3) is 0 Å². The number of hydrogen-bond acceptors (Lipinski definition) is 3. The van der Waals surface area contributed by atoms with Crippen molar-refractivity contribution in [1.29, 1.82) is 0 Å². The Morgan fingerprint density at radius 1 is 1.47 bits per heavy atom. The van der Waals surface area contributed by atoms with Crippen molar-refractivity contribution >= 4 is 23.7 Å². The van der Waals surface area contributed by atoms with Gasteiger partial charge in [0.1, 0.15) is 11.6 Å². The maximum Gasteiger partial charge on any atom is 0.408 e. The molecule has 1 unspecified atom stereocenters. The smallest absolute Gasteiger partial charge is 0.408 e. The SMILES string of the molecule is C/C(=C\Cl)CC(NC(=O)OC(C)(C)C)C(=O)O. The summed E-state index contributed by atoms with van der Waals surface area (Å²) in [6, 6.07) is -1.04. The topological polar surface area (TPSA) is 75.6 Å². The summed E-state index contributed by atoms with van der Waals surface area (Å²) in [5.41, 5.74) is 1.28. The molecular formula is C11H18ClNO4. The van der Waals surface area contributed by atoms with E-state index in [1.165, 1.54) is 5.54 Å². The normalized spacial score (nSPS) is 14.1. The van der Waals surface area contributed by atoms with Gasteiger partial charge in [-0.3, -0.25) is 0 Å². The molecule has 0 aromatic heterocycles. The molecule has 0 saturated carbocycles. The van der Waals surface area contributed by atoms with Crippen LogP contribution in [0, 0.1) is 0 Å². The second kappa shape index (κ2) is 6.49. The number of rotatable bonds is 4. The third kappa shape index (κ3) is 7.63. The highest BCUT2D eigenvalue weighted by Crippen LogP contribution is 2.10. The molecular weight excluding hydrogens is 246 g/mol. The number of nitrogens with one attached hydrogen (secondary N) is 1. The second-order valence-corrected chi connectivity index (χ2v) is 4.91. The van der Waals surface area contributed by atoms with E-state index < -0.39 is 23.7 Å². The van der Waals surface area contributed by atoms with Crippen LogP contribution >= 0.6 is 11.6 Å². The number of hydrogen-bond donors (Lipinski definition) is 2. The number of ether oxygens (including phenoxy) is 1. The molecule has 98 valence electrons. The number of carboxylic acid groups (broad SMARTS) is 1. The fraction of sp³-hybridized carbons (Fsp3) is 0.636. The van der Waals surface area contributed by atoms with Gasteiger partial charge in [-0.15, -0.1) is 0 Å². The van der Waals surface area contributed by atoms with Gasteiger partial charge in [0.2, 0.25) is 0 Å². The zero-order valence-corrected chi connectivity index (χ0v) is 11.2. The lowest BCUT2D eigenvalue weighted by molar-refractivity contribution is -0.139. The summed E-state index contributed by atoms with van der Waals surface area (Å²) in [5, 5.41) is 11.2. The molecule has 0 saturated heterocycles. The van der Waals surface area contributed by atoms with Crippen molar-refractivity contribution in [2.24, 2.45) is 0 Å². The molecule has 0 aliphatic rings. The first-order valence-corrected chi connectivity index (χ1v) is 5.57. The van der Waals surface area contributed by atoms with Crippen molar-refractivity contribution in [3.63, 3.8) is 0 Å². The van der Waals surface area contributed by atoms with Crippen molar-refractivity contribution in [3.8, 4) is 0 Å². The van der Waals surface area contributed by atoms with Gasteiger partial charge >= 0.3 is 12.1 Å². The van der Waals surface area contributed by atoms with Crippen LogP contribution in [0.5, 0.6) is 0 Å². The monoisotopic (exact) mass is 263 g/mol. The summed E-state index contributed by atoms with van der Waals surface area (Å²) < 4.78 is 4.97. The third-order valence-electron chi connectivity index (χ3n) is 1.70. The van der Waals surface area contributed by atoms with Crippen LogP contribution in [-0.4, -0.2) is 28.8 Å². The van der Waals surface area contributed by atoms with Gasteiger partial charge in [-0.05, 0) is 27.7 Å². The lowest BCUT2D eigenvalue weighted by Crippen LogP contribution is -2.43. The number of aliphatic carboxylic acids is 1. The number of amides is 1. The van der Waals surface area contributed by atoms with E-state index in [-0.39, 0.29) is 6.42 Å². The molecule has 0 rings (SSSR count). The first kappa shape index (κ1) is 15.8. The maximum absolute atomic E-state index is 11.4. The van der Waals surface area contributed by atoms with Crippen LogP contribution in [0.2, 0.25) is 0 Å². The highest BCUT2D eigenvalue weighted by atomic mass is 35.5. The third-order valence-corrected chi connectivity index (χ3v) is 2.07. The van der Waals surface area contributed by atoms with Crippen LogP contribution in [0.15, 0.2) is 11.1 Å². The van der Waals surface area contributed by atoms with Gasteiger partial charge < -0.3 is 15.2 Å². The minimum atomic E-state index is -1.13. The Labute approximate surface area is 106 Å². The predicted octanol–water partition coefficient (Wildman–Crippen LogP) is 2.50. The van der Waals surface area contributed by atoms with Gasteiger partial charge in [0, 0.05) is 12.0 Å². The molecule has 2 N–H and O–H groups in total. The Morgan fingerprint density at radius 3 is 2.35 bits per heavy atom. The average molecular weight is 264 g/mol. The summed E-state index contributed by atoms with van der Waals surface area (Å²) in [7, 11) is 0. The Kier molecular flexibility index (Phi) is 6.02. The lowest BCUT2D eigenvalue weighted by atomic mass is 10.1. The summed E-state index contributed by atoms with van der Waals surface area (Å²) in [4.78, 5) is 22.3. The van der Waals surface area contributed by atoms with Crippen molar-refractivity contribution < 1.29 is 19.4 Å². The highest BCUT2D eigenvalue weighted by Gasteiger charge is 2.23. The molecule has 0 spiro atoms. The van der Waals surface area contributed by atoms with E-state index in [0.717, 1.165) is 0 Å². The van der Waals surface area contributed by atoms with Crippen LogP contribution < -0.4 is 5.32 Å². The molecule has 17 heavy (non-hydrogen) atoms. The van der Waals surface area contributed by atoms with Crippen LogP contribution in [0.4, 0.5) is 4.79 Å². The molecule has 1 atom stereocenters. The molecule has 0 bridgehead atoms. The summed E-state index contributed by atoms with van der Waals surface area (Å²) in [6.45, 7) is 6.78. The van der Waals surface area contributed by atoms with Gasteiger partial charge in [0.25, 0.3) is 0 Å². The maximum atomic E-state index is 11.4. The quantitative estimate of drug-likeness (QED) is 0.817. The molecule has 0 aliphatic carbocycles. The first-order chi connectivity index (χ1) is 7.65. The van der Waals surface area contributed by atoms with Gasteiger partial charge in [-0.2, -0.15) is 0 Å². The summed E-state index contributed by atoms with van der Waals surface area (Å²) >= 11 is 5.44. The van der Waals surface area contributed by atoms with E-state index in [1.807, 2.05) is 0 Å². The van der Waals surface area contributed by atoms with Crippen LogP contribution in [0.1, 0.15) is 34.1 Å². The van der Waals surface area contributed by atoms with E-state index in [2.05, 4.69) is 5.32 Å². The fourth-order valence-corrected chi connectivity index (χ4v) is 1.11. The molecule has 0 fully saturated rings. The Balaban J connectivity index is 4.46. The first-order valence-electron chi connectivity index (χ1n) is 5.14. The summed E-state index contributed by atoms with van der Waals surface area (Å²) in [5.74, 6) is -1.13. The molecule has 0 aliphatic heterocycles. The largest absolute Gasteiger partial charge is 0.480 e. The molecule has 0 aromatic rings. The van der Waals surface area contributed by atoms with Crippen molar-refractivity contribution in [2.75, 3.05) is 0 Å². The Morgan fingerprint density at radius 2 is 2.00 bits per heavy atom. The lowest BCUT2D eigenvalue weighted by Gasteiger charge is -2.22. The van der Waals surface area contributed by atoms with Crippen LogP contribution in [0.3, 0.4) is 0 Å². The molecule has 5 nitrogen and oxygen atoms in total. The van der Waals surface area contributed by atoms with E-state index in [1.54, 1.807) is 27.7 Å². The van der Waals surface area contributed by atoms with Crippen molar-refractivity contribution in [2.45, 2.75) is 45.8 Å². The number of carboxylic acids is 1. The van der Waals surface area contributed by atoms with E-state index in [0.29, 0.717) is 5.57 Å². The van der Waals surface area contributed by atoms with Crippen molar-refractivity contribution in [1.82, 2.24) is 5.32 Å². The Hall–Kier alpha value is -1.23. The minimum Gasteiger partial charge on any atom is -0.480 e. The zero-order chi connectivity index (χ0) is 13.6. The minimum absolute atomic E-state index is 0.137. The predicted molar refractivity (Wildman–Crippen MR) is 65.0 cm³/mol. The zero-order valence-electron chi connectivity index (χ0n) is 10.4. The standard InChI is InChI=1S/C11H18ClNO4/c1-7(6-12)5-8(9(14)15)13-10(16)17-11(2,3)4/h6,8H,5H2,1-4H3,(H,13,16)(H,14,15)/b7-6+. The number of alkyl carbamates (subject to hydrolysis) is 1. The van der Waals surface area contributed by atoms with Gasteiger partial charge in [0.05, 0.1) is 0 Å². The van der Waals surface area contributed by atoms with E-state index in [9.17, 15) is 9.59 Å². The Bertz CT molecular complexity index is 320. The second-order valence-electron chi connectivity index (χ2n) is 4.70. The molecule has 0 radical (unpaired) electrons. The average Bonchev–Trinajstić information content (AvgIpc) is 2.13. The van der Waals surface area contributed by atoms with Gasteiger partial charge in [0.15, 0.2) is 0 Å². The molecule has 1 amide bonds. The van der Waals surface area contributed by atoms with Crippen LogP contribution in [-0.2, 0) is 9.53 Å². The number of carbonyl (C=O) groups is 2. The molecule has 0 heterocycles.